The van der Waals surface area contributed by atoms with Gasteiger partial charge < -0.3 is 24.8 Å². The van der Waals surface area contributed by atoms with E-state index in [9.17, 15) is 14.3 Å². The Morgan fingerprint density at radius 2 is 2.09 bits per heavy atom. The third-order valence-electron chi connectivity index (χ3n) is 11.0. The molecule has 2 N–H and O–H groups in total. The third kappa shape index (κ3) is 4.15. The van der Waals surface area contributed by atoms with Gasteiger partial charge in [-0.1, -0.05) is 13.0 Å². The van der Waals surface area contributed by atoms with Crippen molar-refractivity contribution in [2.24, 2.45) is 0 Å². The number of rotatable bonds is 5. The summed E-state index contributed by atoms with van der Waals surface area (Å²) >= 11 is 0. The maximum Gasteiger partial charge on any atom is 0.319 e. The summed E-state index contributed by atoms with van der Waals surface area (Å²) in [5.41, 5.74) is 0.0285. The second-order valence-corrected chi connectivity index (χ2v) is 13.6. The van der Waals surface area contributed by atoms with Crippen molar-refractivity contribution in [3.8, 4) is 23.2 Å². The van der Waals surface area contributed by atoms with Crippen LogP contribution in [0.4, 0.5) is 14.6 Å². The molecule has 1 unspecified atom stereocenters. The highest BCUT2D eigenvalue weighted by molar-refractivity contribution is 5.98. The first kappa shape index (κ1) is 28.2. The standard InChI is InChI=1S/C34H36F2N6O4/c1-2-22-23(36)6-4-18-10-21(43)11-25(28(18)22)42-15-27-29-30(32(42)44)38-33(46-17-34-8-3-9-40(34)13-19(35)12-34)39-31(29)41-14-20-5-7-24(37-20)26(41)16-45-27/h4,6,10-11,15,19-20,24,26,37,43H,2-3,5,7-9,12-14,16-17H2,1H3/t19-,20?,24+,26-,34+/m1/s1. The van der Waals surface area contributed by atoms with Gasteiger partial charge in [0.05, 0.1) is 28.9 Å². The van der Waals surface area contributed by atoms with E-state index in [1.54, 1.807) is 18.3 Å². The first-order valence-corrected chi connectivity index (χ1v) is 16.4. The van der Waals surface area contributed by atoms with Crippen molar-refractivity contribution in [1.82, 2.24) is 24.8 Å². The number of nitrogens with one attached hydrogen (secondary N) is 1. The van der Waals surface area contributed by atoms with Gasteiger partial charge in [0.1, 0.15) is 48.0 Å². The highest BCUT2D eigenvalue weighted by Gasteiger charge is 2.50. The minimum atomic E-state index is -0.898. The van der Waals surface area contributed by atoms with Crippen molar-refractivity contribution in [1.29, 1.82) is 0 Å². The van der Waals surface area contributed by atoms with E-state index in [1.807, 2.05) is 6.92 Å². The Morgan fingerprint density at radius 1 is 1.20 bits per heavy atom. The van der Waals surface area contributed by atoms with Crippen LogP contribution in [0.2, 0.25) is 0 Å². The molecule has 5 aliphatic heterocycles. The first-order chi connectivity index (χ1) is 22.3. The largest absolute Gasteiger partial charge is 0.508 e. The zero-order valence-electron chi connectivity index (χ0n) is 25.6. The second-order valence-electron chi connectivity index (χ2n) is 13.6. The van der Waals surface area contributed by atoms with E-state index in [4.69, 9.17) is 19.4 Å². The quantitative estimate of drug-likeness (QED) is 0.339. The van der Waals surface area contributed by atoms with E-state index >= 15 is 4.39 Å². The molecule has 9 rings (SSSR count). The van der Waals surface area contributed by atoms with Gasteiger partial charge >= 0.3 is 6.01 Å². The van der Waals surface area contributed by atoms with Crippen LogP contribution in [0.3, 0.4) is 0 Å². The van der Waals surface area contributed by atoms with Crippen molar-refractivity contribution in [2.75, 3.05) is 37.7 Å². The van der Waals surface area contributed by atoms with Crippen LogP contribution >= 0.6 is 0 Å². The van der Waals surface area contributed by atoms with Gasteiger partial charge in [-0.25, -0.2) is 8.78 Å². The van der Waals surface area contributed by atoms with Crippen LogP contribution < -0.4 is 25.2 Å². The van der Waals surface area contributed by atoms with Gasteiger partial charge in [0.25, 0.3) is 5.56 Å². The number of pyridine rings is 1. The van der Waals surface area contributed by atoms with Gasteiger partial charge in [-0.05, 0) is 61.7 Å². The predicted octanol–water partition coefficient (Wildman–Crippen LogP) is 4.00. The van der Waals surface area contributed by atoms with E-state index in [2.05, 4.69) is 15.1 Å². The monoisotopic (exact) mass is 630 g/mol. The van der Waals surface area contributed by atoms with Crippen LogP contribution in [0.25, 0.3) is 27.4 Å². The third-order valence-corrected chi connectivity index (χ3v) is 11.0. The van der Waals surface area contributed by atoms with Gasteiger partial charge in [-0.2, -0.15) is 9.97 Å². The molecule has 46 heavy (non-hydrogen) atoms. The number of halogens is 2. The average Bonchev–Trinajstić information content (AvgIpc) is 3.68. The van der Waals surface area contributed by atoms with Crippen LogP contribution in [-0.2, 0) is 6.42 Å². The fourth-order valence-corrected chi connectivity index (χ4v) is 8.90. The lowest BCUT2D eigenvalue weighted by Crippen LogP contribution is -2.60. The smallest absolute Gasteiger partial charge is 0.319 e. The molecule has 0 spiro atoms. The van der Waals surface area contributed by atoms with Crippen LogP contribution in [0.15, 0.2) is 35.3 Å². The normalized spacial score (nSPS) is 28.4. The number of hydrogen-bond acceptors (Lipinski definition) is 9. The molecule has 0 radical (unpaired) electrons. The number of hydrogen-bond donors (Lipinski definition) is 2. The summed E-state index contributed by atoms with van der Waals surface area (Å²) in [5.74, 6) is 0.595. The lowest BCUT2D eigenvalue weighted by atomic mass is 9.95. The summed E-state index contributed by atoms with van der Waals surface area (Å²) in [7, 11) is 0. The Hall–Kier alpha value is -4.03. The van der Waals surface area contributed by atoms with Gasteiger partial charge in [0.2, 0.25) is 0 Å². The number of fused-ring (bicyclic) bond motifs is 7. The van der Waals surface area contributed by atoms with Gasteiger partial charge in [-0.3, -0.25) is 14.3 Å². The molecule has 5 atom stereocenters. The lowest BCUT2D eigenvalue weighted by Gasteiger charge is -2.40. The maximum atomic E-state index is 15.1. The molecule has 5 aliphatic rings. The minimum absolute atomic E-state index is 0.0194. The molecule has 4 fully saturated rings. The van der Waals surface area contributed by atoms with E-state index in [0.717, 1.165) is 32.2 Å². The summed E-state index contributed by atoms with van der Waals surface area (Å²) in [6.45, 7) is 4.40. The Labute approximate surface area is 263 Å². The van der Waals surface area contributed by atoms with E-state index in [0.29, 0.717) is 77.6 Å². The zero-order valence-corrected chi connectivity index (χ0v) is 25.6. The predicted molar refractivity (Wildman–Crippen MR) is 169 cm³/mol. The molecule has 7 heterocycles. The number of phenols is 1. The number of piperazine rings is 1. The molecular formula is C34H36F2N6O4. The average molecular weight is 631 g/mol. The Morgan fingerprint density at radius 3 is 2.96 bits per heavy atom. The summed E-state index contributed by atoms with van der Waals surface area (Å²) in [5, 5.41) is 16.1. The topological polar surface area (TPSA) is 105 Å². The molecule has 0 amide bonds. The van der Waals surface area contributed by atoms with Crippen molar-refractivity contribution >= 4 is 27.5 Å². The molecular weight excluding hydrogens is 594 g/mol. The van der Waals surface area contributed by atoms with Crippen LogP contribution in [0, 0.1) is 5.82 Å². The number of anilines is 1. The minimum Gasteiger partial charge on any atom is -0.508 e. The Balaban J connectivity index is 1.25. The zero-order chi connectivity index (χ0) is 31.3. The van der Waals surface area contributed by atoms with Crippen molar-refractivity contribution in [3.63, 3.8) is 0 Å². The number of nitrogens with zero attached hydrogens (tertiary/aromatic N) is 5. The van der Waals surface area contributed by atoms with Crippen molar-refractivity contribution in [3.05, 3.63) is 52.2 Å². The number of aromatic hydroxyl groups is 1. The number of aryl methyl sites for hydroxylation is 1. The van der Waals surface area contributed by atoms with E-state index in [1.165, 1.54) is 16.7 Å². The summed E-state index contributed by atoms with van der Waals surface area (Å²) in [6.07, 6.45) is 5.40. The van der Waals surface area contributed by atoms with Crippen LogP contribution in [-0.4, -0.2) is 87.2 Å². The van der Waals surface area contributed by atoms with Crippen molar-refractivity contribution in [2.45, 2.75) is 75.3 Å². The SMILES string of the molecule is CCc1c(F)ccc2cc(O)cc(-n3cc4c5c(nc(OC[C@@]67CCCN6C[C@H](F)C7)nc5c3=O)N3CC5CC[C@H](N5)[C@H]3CO4)c12. The number of phenolic OH excluding ortho intramolecular Hbond substituents is 1. The fourth-order valence-electron chi connectivity index (χ4n) is 8.90. The second kappa shape index (κ2) is 10.2. The van der Waals surface area contributed by atoms with E-state index in [-0.39, 0.29) is 41.8 Å². The van der Waals surface area contributed by atoms with Gasteiger partial charge in [0, 0.05) is 43.0 Å². The Kier molecular flexibility index (Phi) is 6.28. The molecule has 2 bridgehead atoms. The number of aromatic nitrogens is 3. The van der Waals surface area contributed by atoms with Gasteiger partial charge in [-0.15, -0.1) is 0 Å². The highest BCUT2D eigenvalue weighted by Crippen LogP contribution is 2.43. The summed E-state index contributed by atoms with van der Waals surface area (Å²) < 4.78 is 43.9. The summed E-state index contributed by atoms with van der Waals surface area (Å²) in [4.78, 5) is 28.6. The maximum absolute atomic E-state index is 15.1. The number of ether oxygens (including phenoxy) is 2. The number of benzene rings is 2. The molecule has 4 saturated heterocycles. The number of alkyl halides is 1. The molecule has 10 nitrogen and oxygen atoms in total. The van der Waals surface area contributed by atoms with E-state index < -0.39 is 17.3 Å². The molecule has 4 aromatic rings. The Bertz CT molecular complexity index is 1970. The van der Waals surface area contributed by atoms with Crippen molar-refractivity contribution < 1.29 is 23.4 Å². The lowest BCUT2D eigenvalue weighted by molar-refractivity contribution is 0.107. The van der Waals surface area contributed by atoms with Crippen LogP contribution in [0.1, 0.15) is 44.6 Å². The van der Waals surface area contributed by atoms with Gasteiger partial charge in [0.15, 0.2) is 0 Å². The molecule has 2 aromatic heterocycles. The van der Waals surface area contributed by atoms with Crippen LogP contribution in [0.5, 0.6) is 17.5 Å². The summed E-state index contributed by atoms with van der Waals surface area (Å²) in [6, 6.07) is 6.58. The molecule has 240 valence electrons. The molecule has 0 aliphatic carbocycles. The highest BCUT2D eigenvalue weighted by atomic mass is 19.1. The molecule has 0 saturated carbocycles. The molecule has 2 aromatic carbocycles. The molecule has 12 heteroatoms. The first-order valence-electron chi connectivity index (χ1n) is 16.4. The fraction of sp³-hybridized carbons (Fsp3) is 0.500.